The topological polar surface area (TPSA) is 22.1 Å². The van der Waals surface area contributed by atoms with Gasteiger partial charge in [0, 0.05) is 11.0 Å². The van der Waals surface area contributed by atoms with E-state index in [1.807, 2.05) is 43.3 Å². The zero-order valence-corrected chi connectivity index (χ0v) is 11.3. The molecule has 1 aromatic heterocycles. The Bertz CT molecular complexity index is 499. The normalized spacial score (nSPS) is 10.2. The molecule has 2 aromatic rings. The highest BCUT2D eigenvalue weighted by Gasteiger charge is 1.98. The Labute approximate surface area is 110 Å². The molecule has 0 spiro atoms. The smallest absolute Gasteiger partial charge is 0.130 e. The van der Waals surface area contributed by atoms with Crippen LogP contribution in [0.1, 0.15) is 17.0 Å². The molecule has 0 aliphatic carbocycles. The molecule has 0 aliphatic rings. The Hall–Kier alpha value is -1.35. The van der Waals surface area contributed by atoms with Gasteiger partial charge < -0.3 is 4.74 Å². The number of hydrogen-bond donors (Lipinski definition) is 0. The van der Waals surface area contributed by atoms with Crippen molar-refractivity contribution in [3.05, 3.63) is 59.4 Å². The molecule has 0 fully saturated rings. The van der Waals surface area contributed by atoms with Crippen LogP contribution < -0.4 is 4.74 Å². The minimum absolute atomic E-state index is 0.507. The Morgan fingerprint density at radius 1 is 1.18 bits per heavy atom. The van der Waals surface area contributed by atoms with E-state index in [1.54, 1.807) is 0 Å². The van der Waals surface area contributed by atoms with E-state index in [2.05, 4.69) is 27.0 Å². The number of hydrogen-bond acceptors (Lipinski definition) is 2. The fourth-order valence-electron chi connectivity index (χ4n) is 1.56. The third kappa shape index (κ3) is 3.56. The summed E-state index contributed by atoms with van der Waals surface area (Å²) < 4.78 is 5.71. The lowest BCUT2D eigenvalue weighted by Gasteiger charge is -2.07. The summed E-state index contributed by atoms with van der Waals surface area (Å²) in [6.45, 7) is 2.49. The third-order valence-electron chi connectivity index (χ3n) is 2.39. The van der Waals surface area contributed by atoms with E-state index >= 15 is 0 Å². The number of alkyl halides is 1. The maximum Gasteiger partial charge on any atom is 0.130 e. The number of nitrogens with zero attached hydrogens (tertiary/aromatic N) is 1. The van der Waals surface area contributed by atoms with Gasteiger partial charge in [0.1, 0.15) is 12.4 Å². The molecule has 0 saturated carbocycles. The van der Waals surface area contributed by atoms with E-state index in [0.717, 1.165) is 22.5 Å². The second-order valence-corrected chi connectivity index (χ2v) is 4.40. The molecule has 0 amide bonds. The predicted molar refractivity (Wildman–Crippen MR) is 72.4 cm³/mol. The van der Waals surface area contributed by atoms with E-state index < -0.39 is 0 Å². The summed E-state index contributed by atoms with van der Waals surface area (Å²) in [5, 5.41) is 0.840. The molecule has 0 radical (unpaired) electrons. The van der Waals surface area contributed by atoms with E-state index in [1.165, 1.54) is 5.56 Å². The summed E-state index contributed by atoms with van der Waals surface area (Å²) in [5.41, 5.74) is 3.18. The second-order valence-electron chi connectivity index (χ2n) is 3.84. The quantitative estimate of drug-likeness (QED) is 0.798. The summed E-state index contributed by atoms with van der Waals surface area (Å²) in [5.74, 6) is 0.880. The number of benzene rings is 1. The van der Waals surface area contributed by atoms with Crippen molar-refractivity contribution in [3.8, 4) is 5.75 Å². The molecule has 88 valence electrons. The Morgan fingerprint density at radius 2 is 2.00 bits per heavy atom. The van der Waals surface area contributed by atoms with Crippen molar-refractivity contribution in [3.63, 3.8) is 0 Å². The molecule has 0 bridgehead atoms. The molecule has 0 N–H and O–H groups in total. The number of aromatic nitrogens is 1. The highest BCUT2D eigenvalue weighted by molar-refractivity contribution is 9.08. The van der Waals surface area contributed by atoms with E-state index in [0.29, 0.717) is 6.61 Å². The van der Waals surface area contributed by atoms with Crippen LogP contribution in [-0.2, 0) is 11.9 Å². The molecule has 0 atom stereocenters. The fourth-order valence-corrected chi connectivity index (χ4v) is 1.90. The van der Waals surface area contributed by atoms with Crippen LogP contribution in [0, 0.1) is 6.92 Å². The van der Waals surface area contributed by atoms with Gasteiger partial charge in [-0.25, -0.2) is 0 Å². The first-order valence-corrected chi connectivity index (χ1v) is 6.60. The van der Waals surface area contributed by atoms with Gasteiger partial charge in [-0.3, -0.25) is 4.98 Å². The molecular formula is C14H14BrNO. The van der Waals surface area contributed by atoms with Crippen LogP contribution in [0.5, 0.6) is 5.75 Å². The molecular weight excluding hydrogens is 278 g/mol. The van der Waals surface area contributed by atoms with Crippen molar-refractivity contribution >= 4 is 15.9 Å². The number of rotatable bonds is 4. The van der Waals surface area contributed by atoms with Gasteiger partial charge in [-0.15, -0.1) is 0 Å². The lowest BCUT2D eigenvalue weighted by molar-refractivity contribution is 0.301. The average molecular weight is 292 g/mol. The van der Waals surface area contributed by atoms with Gasteiger partial charge in [0.2, 0.25) is 0 Å². The maximum absolute atomic E-state index is 5.71. The fraction of sp³-hybridized carbons (Fsp3) is 0.214. The number of ether oxygens (including phenoxy) is 1. The van der Waals surface area contributed by atoms with Gasteiger partial charge in [0.15, 0.2) is 0 Å². The van der Waals surface area contributed by atoms with Gasteiger partial charge >= 0.3 is 0 Å². The molecule has 0 aliphatic heterocycles. The van der Waals surface area contributed by atoms with E-state index in [-0.39, 0.29) is 0 Å². The Morgan fingerprint density at radius 3 is 2.76 bits per heavy atom. The highest BCUT2D eigenvalue weighted by atomic mass is 79.9. The van der Waals surface area contributed by atoms with Crippen LogP contribution in [0.2, 0.25) is 0 Å². The molecule has 3 heteroatoms. The van der Waals surface area contributed by atoms with Crippen molar-refractivity contribution in [2.24, 2.45) is 0 Å². The monoisotopic (exact) mass is 291 g/mol. The first kappa shape index (κ1) is 12.1. The minimum Gasteiger partial charge on any atom is -0.487 e. The SMILES string of the molecule is Cc1cccc(COc2cccc(CBr)c2)n1. The predicted octanol–water partition coefficient (Wildman–Crippen LogP) is 3.86. The average Bonchev–Trinajstić information content (AvgIpc) is 2.37. The first-order valence-electron chi connectivity index (χ1n) is 5.48. The van der Waals surface area contributed by atoms with Gasteiger partial charge in [0.25, 0.3) is 0 Å². The number of aryl methyl sites for hydroxylation is 1. The van der Waals surface area contributed by atoms with Gasteiger partial charge in [-0.1, -0.05) is 34.1 Å². The van der Waals surface area contributed by atoms with Crippen molar-refractivity contribution in [1.29, 1.82) is 0 Å². The van der Waals surface area contributed by atoms with E-state index in [9.17, 15) is 0 Å². The summed E-state index contributed by atoms with van der Waals surface area (Å²) in [6.07, 6.45) is 0. The molecule has 1 aromatic carbocycles. The molecule has 2 rings (SSSR count). The Balaban J connectivity index is 2.02. The Kier molecular flexibility index (Phi) is 4.15. The molecule has 0 saturated heterocycles. The van der Waals surface area contributed by atoms with Crippen LogP contribution >= 0.6 is 15.9 Å². The molecule has 17 heavy (non-hydrogen) atoms. The summed E-state index contributed by atoms with van der Waals surface area (Å²) in [6, 6.07) is 14.0. The van der Waals surface area contributed by atoms with Gasteiger partial charge in [0.05, 0.1) is 5.69 Å². The zero-order valence-electron chi connectivity index (χ0n) is 9.69. The lowest BCUT2D eigenvalue weighted by Crippen LogP contribution is -1.99. The van der Waals surface area contributed by atoms with Gasteiger partial charge in [-0.2, -0.15) is 0 Å². The second kappa shape index (κ2) is 5.82. The van der Waals surface area contributed by atoms with Crippen LogP contribution in [0.4, 0.5) is 0 Å². The minimum atomic E-state index is 0.507. The number of pyridine rings is 1. The largest absolute Gasteiger partial charge is 0.487 e. The maximum atomic E-state index is 5.71. The van der Waals surface area contributed by atoms with Crippen molar-refractivity contribution in [2.75, 3.05) is 0 Å². The molecule has 1 heterocycles. The van der Waals surface area contributed by atoms with Gasteiger partial charge in [-0.05, 0) is 36.8 Å². The van der Waals surface area contributed by atoms with Crippen LogP contribution in [0.15, 0.2) is 42.5 Å². The first-order chi connectivity index (χ1) is 8.28. The molecule has 0 unspecified atom stereocenters. The van der Waals surface area contributed by atoms with Crippen LogP contribution in [-0.4, -0.2) is 4.98 Å². The summed E-state index contributed by atoms with van der Waals surface area (Å²) >= 11 is 3.43. The molecule has 2 nitrogen and oxygen atoms in total. The standard InChI is InChI=1S/C14H14BrNO/c1-11-4-2-6-13(16-11)10-17-14-7-3-5-12(8-14)9-15/h2-8H,9-10H2,1H3. The third-order valence-corrected chi connectivity index (χ3v) is 3.03. The lowest BCUT2D eigenvalue weighted by atomic mass is 10.2. The van der Waals surface area contributed by atoms with Crippen LogP contribution in [0.25, 0.3) is 0 Å². The van der Waals surface area contributed by atoms with Crippen molar-refractivity contribution in [1.82, 2.24) is 4.98 Å². The van der Waals surface area contributed by atoms with Crippen LogP contribution in [0.3, 0.4) is 0 Å². The zero-order chi connectivity index (χ0) is 12.1. The van der Waals surface area contributed by atoms with E-state index in [4.69, 9.17) is 4.74 Å². The van der Waals surface area contributed by atoms with Crippen molar-refractivity contribution in [2.45, 2.75) is 18.9 Å². The summed E-state index contributed by atoms with van der Waals surface area (Å²) in [7, 11) is 0. The van der Waals surface area contributed by atoms with Crippen molar-refractivity contribution < 1.29 is 4.74 Å². The summed E-state index contributed by atoms with van der Waals surface area (Å²) in [4.78, 5) is 4.40. The number of halogens is 1. The highest BCUT2D eigenvalue weighted by Crippen LogP contribution is 2.16.